The van der Waals surface area contributed by atoms with Gasteiger partial charge in [0, 0.05) is 6.54 Å². The lowest BCUT2D eigenvalue weighted by Gasteiger charge is -2.24. The summed E-state index contributed by atoms with van der Waals surface area (Å²) in [5, 5.41) is 2.81. The topological polar surface area (TPSA) is 66.5 Å². The average Bonchev–Trinajstić information content (AvgIpc) is 2.76. The fourth-order valence-electron chi connectivity index (χ4n) is 3.42. The summed E-state index contributed by atoms with van der Waals surface area (Å²) in [5.74, 6) is -0.799. The smallest absolute Gasteiger partial charge is 0.244 e. The molecule has 3 aromatic carbocycles. The molecule has 0 saturated heterocycles. The van der Waals surface area contributed by atoms with E-state index in [2.05, 4.69) is 5.32 Å². The number of amides is 1. The van der Waals surface area contributed by atoms with Crippen LogP contribution < -0.4 is 5.32 Å². The van der Waals surface area contributed by atoms with Gasteiger partial charge in [0.05, 0.1) is 17.5 Å². The van der Waals surface area contributed by atoms with Gasteiger partial charge in [0.15, 0.2) is 0 Å². The van der Waals surface area contributed by atoms with E-state index in [1.807, 2.05) is 43.3 Å². The first-order valence-corrected chi connectivity index (χ1v) is 11.8. The van der Waals surface area contributed by atoms with Gasteiger partial charge in [-0.3, -0.25) is 4.79 Å². The number of hydrogen-bond donors (Lipinski definition) is 1. The zero-order valence-electron chi connectivity index (χ0n) is 18.4. The number of benzene rings is 3. The molecule has 0 aliphatic rings. The highest BCUT2D eigenvalue weighted by atomic mass is 32.2. The number of carbonyl (C=O) groups excluding carboxylic acids is 1. The molecule has 0 saturated carbocycles. The van der Waals surface area contributed by atoms with Crippen LogP contribution in [0.3, 0.4) is 0 Å². The van der Waals surface area contributed by atoms with E-state index < -0.39 is 22.0 Å². The molecule has 1 atom stereocenters. The van der Waals surface area contributed by atoms with Gasteiger partial charge in [-0.25, -0.2) is 12.8 Å². The van der Waals surface area contributed by atoms with Gasteiger partial charge < -0.3 is 5.32 Å². The fourth-order valence-corrected chi connectivity index (χ4v) is 5.11. The second-order valence-electron chi connectivity index (χ2n) is 7.87. The maximum Gasteiger partial charge on any atom is 0.244 e. The Hall–Kier alpha value is -3.03. The van der Waals surface area contributed by atoms with Crippen molar-refractivity contribution >= 4 is 15.9 Å². The zero-order valence-corrected chi connectivity index (χ0v) is 19.2. The molecule has 3 aromatic rings. The second-order valence-corrected chi connectivity index (χ2v) is 9.77. The Morgan fingerprint density at radius 1 is 1.00 bits per heavy atom. The number of aryl methyl sites for hydroxylation is 2. The van der Waals surface area contributed by atoms with Crippen LogP contribution in [0.25, 0.3) is 0 Å². The minimum atomic E-state index is -3.93. The minimum absolute atomic E-state index is 0.0644. The number of sulfonamides is 1. The van der Waals surface area contributed by atoms with Crippen molar-refractivity contribution in [3.63, 3.8) is 0 Å². The van der Waals surface area contributed by atoms with E-state index in [1.165, 1.54) is 16.4 Å². The maximum atomic E-state index is 13.5. The van der Waals surface area contributed by atoms with Crippen molar-refractivity contribution in [2.24, 2.45) is 0 Å². The Labute approximate surface area is 188 Å². The van der Waals surface area contributed by atoms with Crippen LogP contribution in [-0.2, 0) is 21.4 Å². The Kier molecular flexibility index (Phi) is 7.43. The van der Waals surface area contributed by atoms with Crippen LogP contribution in [0.5, 0.6) is 0 Å². The van der Waals surface area contributed by atoms with E-state index in [0.717, 1.165) is 16.7 Å². The van der Waals surface area contributed by atoms with Gasteiger partial charge in [-0.05, 0) is 61.2 Å². The Morgan fingerprint density at radius 3 is 2.31 bits per heavy atom. The largest absolute Gasteiger partial charge is 0.348 e. The Morgan fingerprint density at radius 2 is 1.66 bits per heavy atom. The van der Waals surface area contributed by atoms with Crippen molar-refractivity contribution in [1.82, 2.24) is 9.62 Å². The third kappa shape index (κ3) is 5.81. The third-order valence-corrected chi connectivity index (χ3v) is 7.16. The maximum absolute atomic E-state index is 13.5. The summed E-state index contributed by atoms with van der Waals surface area (Å²) >= 11 is 0. The quantitative estimate of drug-likeness (QED) is 0.545. The number of rotatable bonds is 8. The molecule has 7 heteroatoms. The molecular weight excluding hydrogens is 427 g/mol. The van der Waals surface area contributed by atoms with E-state index in [-0.39, 0.29) is 23.8 Å². The molecule has 0 aliphatic carbocycles. The van der Waals surface area contributed by atoms with Gasteiger partial charge in [-0.15, -0.1) is 0 Å². The molecule has 168 valence electrons. The molecule has 0 unspecified atom stereocenters. The van der Waals surface area contributed by atoms with Crippen LogP contribution in [0.1, 0.15) is 35.2 Å². The highest BCUT2D eigenvalue weighted by Gasteiger charge is 2.29. The van der Waals surface area contributed by atoms with Crippen molar-refractivity contribution in [3.8, 4) is 0 Å². The molecule has 3 rings (SSSR count). The summed E-state index contributed by atoms with van der Waals surface area (Å²) in [6.45, 7) is 5.07. The van der Waals surface area contributed by atoms with Gasteiger partial charge >= 0.3 is 0 Å². The van der Waals surface area contributed by atoms with Crippen molar-refractivity contribution in [1.29, 1.82) is 0 Å². The van der Waals surface area contributed by atoms with Gasteiger partial charge in [0.1, 0.15) is 5.82 Å². The monoisotopic (exact) mass is 454 g/mol. The van der Waals surface area contributed by atoms with Crippen LogP contribution in [0.4, 0.5) is 4.39 Å². The van der Waals surface area contributed by atoms with Crippen LogP contribution in [-0.4, -0.2) is 25.2 Å². The van der Waals surface area contributed by atoms with E-state index in [4.69, 9.17) is 0 Å². The van der Waals surface area contributed by atoms with E-state index in [9.17, 15) is 17.6 Å². The highest BCUT2D eigenvalue weighted by Crippen LogP contribution is 2.23. The van der Waals surface area contributed by atoms with Crippen molar-refractivity contribution < 1.29 is 17.6 Å². The van der Waals surface area contributed by atoms with Crippen LogP contribution in [0.2, 0.25) is 0 Å². The highest BCUT2D eigenvalue weighted by molar-refractivity contribution is 7.89. The molecule has 0 aliphatic heterocycles. The summed E-state index contributed by atoms with van der Waals surface area (Å²) in [5.41, 5.74) is 2.95. The van der Waals surface area contributed by atoms with Gasteiger partial charge in [-0.2, -0.15) is 4.31 Å². The van der Waals surface area contributed by atoms with Crippen molar-refractivity contribution in [2.45, 2.75) is 38.3 Å². The summed E-state index contributed by atoms with van der Waals surface area (Å²) in [6.07, 6.45) is 0. The summed E-state index contributed by atoms with van der Waals surface area (Å²) in [4.78, 5) is 13.0. The molecule has 0 heterocycles. The first-order chi connectivity index (χ1) is 15.2. The molecule has 0 radical (unpaired) electrons. The molecular formula is C25H27FN2O3S. The number of nitrogens with one attached hydrogen (secondary N) is 1. The molecule has 0 aromatic heterocycles. The summed E-state index contributed by atoms with van der Waals surface area (Å²) in [7, 11) is -3.93. The van der Waals surface area contributed by atoms with E-state index in [0.29, 0.717) is 5.56 Å². The molecule has 1 amide bonds. The molecule has 0 fully saturated rings. The lowest BCUT2D eigenvalue weighted by Crippen LogP contribution is -2.41. The molecule has 0 spiro atoms. The van der Waals surface area contributed by atoms with Crippen molar-refractivity contribution in [2.75, 3.05) is 6.54 Å². The Balaban J connectivity index is 1.86. The fraction of sp³-hybridized carbons (Fsp3) is 0.240. The lowest BCUT2D eigenvalue weighted by atomic mass is 10.1. The standard InChI is InChI=1S/C25H27FN2O3S/c1-18-9-10-19(2)24(15-18)32(30,31)28(16-21-7-5-4-6-8-21)17-25(29)27-20(3)22-11-13-23(26)14-12-22/h4-15,20H,16-17H2,1-3H3,(H,27,29)/t20-/m1/s1. The van der Waals surface area contributed by atoms with Gasteiger partial charge in [-0.1, -0.05) is 54.6 Å². The normalized spacial score (nSPS) is 12.5. The average molecular weight is 455 g/mol. The first-order valence-electron chi connectivity index (χ1n) is 10.3. The summed E-state index contributed by atoms with van der Waals surface area (Å²) < 4.78 is 41.5. The predicted molar refractivity (Wildman–Crippen MR) is 123 cm³/mol. The number of hydrogen-bond acceptors (Lipinski definition) is 3. The van der Waals surface area contributed by atoms with Gasteiger partial charge in [0.2, 0.25) is 15.9 Å². The van der Waals surface area contributed by atoms with E-state index >= 15 is 0 Å². The van der Waals surface area contributed by atoms with E-state index in [1.54, 1.807) is 38.1 Å². The molecule has 1 N–H and O–H groups in total. The number of halogens is 1. The third-order valence-electron chi connectivity index (χ3n) is 5.23. The molecule has 32 heavy (non-hydrogen) atoms. The predicted octanol–water partition coefficient (Wildman–Crippen LogP) is 4.51. The SMILES string of the molecule is Cc1ccc(C)c(S(=O)(=O)N(CC(=O)N[C@H](C)c2ccc(F)cc2)Cc2ccccc2)c1. The first kappa shape index (κ1) is 23.6. The molecule has 5 nitrogen and oxygen atoms in total. The zero-order chi connectivity index (χ0) is 23.3. The number of carbonyl (C=O) groups is 1. The second kappa shape index (κ2) is 10.1. The van der Waals surface area contributed by atoms with Gasteiger partial charge in [0.25, 0.3) is 0 Å². The number of nitrogens with zero attached hydrogens (tertiary/aromatic N) is 1. The van der Waals surface area contributed by atoms with Crippen LogP contribution in [0, 0.1) is 19.7 Å². The van der Waals surface area contributed by atoms with Crippen LogP contribution >= 0.6 is 0 Å². The minimum Gasteiger partial charge on any atom is -0.348 e. The molecule has 0 bridgehead atoms. The Bertz CT molecular complexity index is 1180. The summed E-state index contributed by atoms with van der Waals surface area (Å²) in [6, 6.07) is 19.8. The van der Waals surface area contributed by atoms with Crippen LogP contribution in [0.15, 0.2) is 77.7 Å². The lowest BCUT2D eigenvalue weighted by molar-refractivity contribution is -0.122. The van der Waals surface area contributed by atoms with Crippen molar-refractivity contribution in [3.05, 3.63) is 101 Å².